The summed E-state index contributed by atoms with van der Waals surface area (Å²) in [6, 6.07) is 11.9. The molecule has 1 heterocycles. The van der Waals surface area contributed by atoms with Crippen molar-refractivity contribution in [3.63, 3.8) is 0 Å². The standard InChI is InChI=1S/C19H18O5/c1-2-3-9-23-16-11-15-17(19(22)18(16)21)13(20)10-14(24-15)12-7-5-4-6-8-12/h4-8,10-11,21-22H,2-3,9H2,1H3. The number of unbranched alkanes of at least 4 members (excludes halogenated alkanes) is 1. The summed E-state index contributed by atoms with van der Waals surface area (Å²) in [6.07, 6.45) is 1.75. The largest absolute Gasteiger partial charge is 0.504 e. The zero-order chi connectivity index (χ0) is 17.1. The van der Waals surface area contributed by atoms with E-state index < -0.39 is 16.9 Å². The van der Waals surface area contributed by atoms with Crippen molar-refractivity contribution in [1.82, 2.24) is 0 Å². The number of rotatable bonds is 5. The fraction of sp³-hybridized carbons (Fsp3) is 0.211. The molecule has 0 fully saturated rings. The Kier molecular flexibility index (Phi) is 4.42. The highest BCUT2D eigenvalue weighted by Crippen LogP contribution is 2.41. The second kappa shape index (κ2) is 6.66. The first-order chi connectivity index (χ1) is 11.6. The summed E-state index contributed by atoms with van der Waals surface area (Å²) >= 11 is 0. The number of aromatic hydroxyl groups is 2. The minimum Gasteiger partial charge on any atom is -0.504 e. The van der Waals surface area contributed by atoms with E-state index in [2.05, 4.69) is 0 Å². The van der Waals surface area contributed by atoms with Crippen LogP contribution in [0.2, 0.25) is 0 Å². The number of ether oxygens (including phenoxy) is 1. The summed E-state index contributed by atoms with van der Waals surface area (Å²) in [5, 5.41) is 20.1. The monoisotopic (exact) mass is 326 g/mol. The van der Waals surface area contributed by atoms with Crippen LogP contribution in [0.1, 0.15) is 19.8 Å². The number of hydrogen-bond acceptors (Lipinski definition) is 5. The van der Waals surface area contributed by atoms with Crippen LogP contribution >= 0.6 is 0 Å². The molecule has 3 rings (SSSR count). The first kappa shape index (κ1) is 15.9. The molecule has 0 spiro atoms. The van der Waals surface area contributed by atoms with Crippen molar-refractivity contribution in [2.24, 2.45) is 0 Å². The lowest BCUT2D eigenvalue weighted by Crippen LogP contribution is -2.03. The van der Waals surface area contributed by atoms with E-state index in [0.717, 1.165) is 18.4 Å². The summed E-state index contributed by atoms with van der Waals surface area (Å²) in [4.78, 5) is 12.3. The van der Waals surface area contributed by atoms with Gasteiger partial charge in [0.2, 0.25) is 5.75 Å². The van der Waals surface area contributed by atoms with Gasteiger partial charge in [0.15, 0.2) is 16.9 Å². The molecule has 0 saturated heterocycles. The van der Waals surface area contributed by atoms with Gasteiger partial charge in [0.25, 0.3) is 0 Å². The van der Waals surface area contributed by atoms with Gasteiger partial charge in [-0.15, -0.1) is 0 Å². The highest BCUT2D eigenvalue weighted by molar-refractivity contribution is 5.89. The summed E-state index contributed by atoms with van der Waals surface area (Å²) in [6.45, 7) is 2.42. The van der Waals surface area contributed by atoms with Crippen molar-refractivity contribution in [2.75, 3.05) is 6.61 Å². The number of benzene rings is 2. The molecular formula is C19H18O5. The maximum atomic E-state index is 12.3. The Balaban J connectivity index is 2.15. The van der Waals surface area contributed by atoms with Gasteiger partial charge in [-0.3, -0.25) is 4.79 Å². The maximum Gasteiger partial charge on any atom is 0.201 e. The first-order valence-corrected chi connectivity index (χ1v) is 7.82. The predicted octanol–water partition coefficient (Wildman–Crippen LogP) is 4.05. The molecule has 0 unspecified atom stereocenters. The highest BCUT2D eigenvalue weighted by atomic mass is 16.5. The van der Waals surface area contributed by atoms with E-state index in [-0.39, 0.29) is 16.7 Å². The van der Waals surface area contributed by atoms with Crippen LogP contribution in [0.4, 0.5) is 0 Å². The molecule has 0 saturated carbocycles. The van der Waals surface area contributed by atoms with Crippen molar-refractivity contribution < 1.29 is 19.4 Å². The van der Waals surface area contributed by atoms with Gasteiger partial charge in [-0.1, -0.05) is 43.7 Å². The molecule has 0 atom stereocenters. The van der Waals surface area contributed by atoms with Gasteiger partial charge in [0.1, 0.15) is 16.7 Å². The van der Waals surface area contributed by atoms with E-state index in [9.17, 15) is 15.0 Å². The van der Waals surface area contributed by atoms with E-state index in [1.165, 1.54) is 12.1 Å². The highest BCUT2D eigenvalue weighted by Gasteiger charge is 2.18. The third-order valence-electron chi connectivity index (χ3n) is 3.75. The van der Waals surface area contributed by atoms with E-state index in [1.54, 1.807) is 0 Å². The molecule has 0 amide bonds. The van der Waals surface area contributed by atoms with Crippen molar-refractivity contribution in [3.05, 3.63) is 52.7 Å². The average molecular weight is 326 g/mol. The number of phenolic OH excluding ortho intramolecular Hbond substituents is 2. The number of hydrogen-bond donors (Lipinski definition) is 2. The molecule has 1 aromatic heterocycles. The molecule has 5 nitrogen and oxygen atoms in total. The van der Waals surface area contributed by atoms with Crippen LogP contribution in [0.25, 0.3) is 22.3 Å². The zero-order valence-corrected chi connectivity index (χ0v) is 13.3. The van der Waals surface area contributed by atoms with Crippen LogP contribution in [0.3, 0.4) is 0 Å². The van der Waals surface area contributed by atoms with Crippen molar-refractivity contribution in [3.8, 4) is 28.6 Å². The van der Waals surface area contributed by atoms with Crippen molar-refractivity contribution in [2.45, 2.75) is 19.8 Å². The van der Waals surface area contributed by atoms with Gasteiger partial charge < -0.3 is 19.4 Å². The third-order valence-corrected chi connectivity index (χ3v) is 3.75. The Morgan fingerprint density at radius 1 is 1.08 bits per heavy atom. The number of fused-ring (bicyclic) bond motifs is 1. The normalized spacial score (nSPS) is 10.9. The van der Waals surface area contributed by atoms with Crippen LogP contribution < -0.4 is 10.2 Å². The molecule has 0 radical (unpaired) electrons. The van der Waals surface area contributed by atoms with Crippen LogP contribution in [-0.2, 0) is 0 Å². The first-order valence-electron chi connectivity index (χ1n) is 7.82. The molecule has 2 aromatic carbocycles. The van der Waals surface area contributed by atoms with Crippen LogP contribution in [0, 0.1) is 0 Å². The number of phenols is 2. The molecule has 0 bridgehead atoms. The Labute approximate surface area is 138 Å². The lowest BCUT2D eigenvalue weighted by atomic mass is 10.1. The fourth-order valence-electron chi connectivity index (χ4n) is 2.45. The van der Waals surface area contributed by atoms with Gasteiger partial charge in [-0.05, 0) is 6.42 Å². The molecule has 124 valence electrons. The fourth-order valence-corrected chi connectivity index (χ4v) is 2.45. The van der Waals surface area contributed by atoms with Gasteiger partial charge in [-0.2, -0.15) is 0 Å². The summed E-state index contributed by atoms with van der Waals surface area (Å²) in [7, 11) is 0. The molecule has 5 heteroatoms. The maximum absolute atomic E-state index is 12.3. The minimum atomic E-state index is -0.521. The van der Waals surface area contributed by atoms with Crippen LogP contribution in [0.5, 0.6) is 17.2 Å². The lowest BCUT2D eigenvalue weighted by Gasteiger charge is -2.11. The summed E-state index contributed by atoms with van der Waals surface area (Å²) < 4.78 is 11.2. The topological polar surface area (TPSA) is 79.9 Å². The minimum absolute atomic E-state index is 0.0602. The van der Waals surface area contributed by atoms with Crippen molar-refractivity contribution >= 4 is 11.0 Å². The predicted molar refractivity (Wildman–Crippen MR) is 91.7 cm³/mol. The summed E-state index contributed by atoms with van der Waals surface area (Å²) in [5.41, 5.74) is 0.490. The van der Waals surface area contributed by atoms with E-state index in [1.807, 2.05) is 37.3 Å². The van der Waals surface area contributed by atoms with E-state index in [4.69, 9.17) is 9.15 Å². The van der Waals surface area contributed by atoms with E-state index in [0.29, 0.717) is 12.4 Å². The second-order valence-corrected chi connectivity index (χ2v) is 5.49. The molecule has 24 heavy (non-hydrogen) atoms. The van der Waals surface area contributed by atoms with Gasteiger partial charge in [-0.25, -0.2) is 0 Å². The Bertz CT molecular complexity index is 912. The van der Waals surface area contributed by atoms with Crippen molar-refractivity contribution in [1.29, 1.82) is 0 Å². The van der Waals surface area contributed by atoms with Crippen LogP contribution in [0.15, 0.2) is 51.7 Å². The molecule has 0 aliphatic carbocycles. The smallest absolute Gasteiger partial charge is 0.201 e. The Morgan fingerprint density at radius 2 is 1.83 bits per heavy atom. The molecule has 0 aliphatic heterocycles. The third kappa shape index (κ3) is 2.93. The second-order valence-electron chi connectivity index (χ2n) is 5.49. The zero-order valence-electron chi connectivity index (χ0n) is 13.3. The van der Waals surface area contributed by atoms with Crippen LogP contribution in [-0.4, -0.2) is 16.8 Å². The molecule has 2 N–H and O–H groups in total. The van der Waals surface area contributed by atoms with Gasteiger partial charge in [0.05, 0.1) is 6.61 Å². The average Bonchev–Trinajstić information content (AvgIpc) is 2.59. The van der Waals surface area contributed by atoms with Gasteiger partial charge >= 0.3 is 0 Å². The molecular weight excluding hydrogens is 308 g/mol. The van der Waals surface area contributed by atoms with E-state index >= 15 is 0 Å². The quantitative estimate of drug-likeness (QED) is 0.546. The summed E-state index contributed by atoms with van der Waals surface area (Å²) in [5.74, 6) is -0.481. The Hall–Kier alpha value is -2.95. The lowest BCUT2D eigenvalue weighted by molar-refractivity contribution is 0.287. The molecule has 0 aliphatic rings. The van der Waals surface area contributed by atoms with Gasteiger partial charge in [0, 0.05) is 17.7 Å². The SMILES string of the molecule is CCCCOc1cc2oc(-c3ccccc3)cc(=O)c2c(O)c1O. The Morgan fingerprint density at radius 3 is 2.54 bits per heavy atom. The molecule has 3 aromatic rings.